The molecule has 2 aliphatic rings. The van der Waals surface area contributed by atoms with Gasteiger partial charge in [-0.25, -0.2) is 4.68 Å². The van der Waals surface area contributed by atoms with E-state index < -0.39 is 0 Å². The molecule has 0 atom stereocenters. The highest BCUT2D eigenvalue weighted by molar-refractivity contribution is 6.31. The second-order valence-electron chi connectivity index (χ2n) is 8.86. The van der Waals surface area contributed by atoms with Gasteiger partial charge in [-0.15, -0.1) is 0 Å². The van der Waals surface area contributed by atoms with E-state index in [2.05, 4.69) is 5.10 Å². The summed E-state index contributed by atoms with van der Waals surface area (Å²) in [5, 5.41) is 5.37. The van der Waals surface area contributed by atoms with Crippen LogP contribution in [0.2, 0.25) is 5.02 Å². The minimum atomic E-state index is 0.0691. The third kappa shape index (κ3) is 4.49. The van der Waals surface area contributed by atoms with Crippen molar-refractivity contribution in [2.75, 3.05) is 26.2 Å². The van der Waals surface area contributed by atoms with Crippen molar-refractivity contribution in [3.63, 3.8) is 0 Å². The Bertz CT molecular complexity index is 986. The molecule has 0 N–H and O–H groups in total. The maximum atomic E-state index is 13.0. The molecule has 2 amide bonds. The number of benzene rings is 1. The molecule has 31 heavy (non-hydrogen) atoms. The maximum absolute atomic E-state index is 13.0. The largest absolute Gasteiger partial charge is 0.342 e. The molecule has 6 nitrogen and oxygen atoms in total. The molecule has 7 heteroatoms. The summed E-state index contributed by atoms with van der Waals surface area (Å²) >= 11 is 6.30. The van der Waals surface area contributed by atoms with Gasteiger partial charge in [-0.1, -0.05) is 17.7 Å². The fourth-order valence-electron chi connectivity index (χ4n) is 4.73. The number of likely N-dealkylation sites (tertiary alicyclic amines) is 2. The van der Waals surface area contributed by atoms with Crippen molar-refractivity contribution >= 4 is 23.4 Å². The second-order valence-corrected chi connectivity index (χ2v) is 9.27. The number of rotatable bonds is 4. The van der Waals surface area contributed by atoms with Crippen molar-refractivity contribution in [1.82, 2.24) is 19.6 Å². The normalized spacial score (nSPS) is 17.4. The zero-order valence-corrected chi connectivity index (χ0v) is 19.4. The summed E-state index contributed by atoms with van der Waals surface area (Å²) < 4.78 is 1.87. The maximum Gasteiger partial charge on any atom is 0.227 e. The lowest BCUT2D eigenvalue weighted by Crippen LogP contribution is -2.44. The molecule has 2 aromatic rings. The van der Waals surface area contributed by atoms with Crippen LogP contribution in [-0.4, -0.2) is 57.6 Å². The molecule has 0 aliphatic carbocycles. The van der Waals surface area contributed by atoms with Crippen LogP contribution in [0.5, 0.6) is 0 Å². The van der Waals surface area contributed by atoms with Crippen molar-refractivity contribution in [2.24, 2.45) is 5.92 Å². The molecule has 4 rings (SSSR count). The van der Waals surface area contributed by atoms with E-state index >= 15 is 0 Å². The van der Waals surface area contributed by atoms with Gasteiger partial charge in [0, 0.05) is 48.4 Å². The Kier molecular flexibility index (Phi) is 6.37. The number of aromatic nitrogens is 2. The van der Waals surface area contributed by atoms with E-state index in [1.54, 1.807) is 0 Å². The smallest absolute Gasteiger partial charge is 0.227 e. The molecule has 2 aliphatic heterocycles. The lowest BCUT2D eigenvalue weighted by atomic mass is 9.95. The number of halogens is 1. The van der Waals surface area contributed by atoms with Crippen LogP contribution in [0.4, 0.5) is 0 Å². The highest BCUT2D eigenvalue weighted by atomic mass is 35.5. The monoisotopic (exact) mass is 442 g/mol. The first kappa shape index (κ1) is 21.9. The Morgan fingerprint density at radius 1 is 1.03 bits per heavy atom. The van der Waals surface area contributed by atoms with Crippen LogP contribution >= 0.6 is 11.6 Å². The van der Waals surface area contributed by atoms with E-state index in [9.17, 15) is 9.59 Å². The van der Waals surface area contributed by atoms with Gasteiger partial charge in [0.25, 0.3) is 0 Å². The number of carbonyl (C=O) groups excluding carboxylic acids is 2. The minimum Gasteiger partial charge on any atom is -0.342 e. The fraction of sp³-hybridized carbons (Fsp3) is 0.542. The summed E-state index contributed by atoms with van der Waals surface area (Å²) in [6, 6.07) is 5.88. The van der Waals surface area contributed by atoms with E-state index in [4.69, 9.17) is 11.6 Å². The predicted molar refractivity (Wildman–Crippen MR) is 122 cm³/mol. The molecule has 0 saturated carbocycles. The zero-order valence-electron chi connectivity index (χ0n) is 18.7. The first-order chi connectivity index (χ1) is 14.8. The van der Waals surface area contributed by atoms with Gasteiger partial charge >= 0.3 is 0 Å². The average Bonchev–Trinajstić information content (AvgIpc) is 3.40. The lowest BCUT2D eigenvalue weighted by molar-refractivity contribution is -0.139. The molecular weight excluding hydrogens is 412 g/mol. The summed E-state index contributed by atoms with van der Waals surface area (Å²) in [5.74, 6) is 0.466. The molecule has 1 aromatic carbocycles. The second kappa shape index (κ2) is 9.03. The van der Waals surface area contributed by atoms with Gasteiger partial charge in [-0.3, -0.25) is 9.59 Å². The molecule has 0 spiro atoms. The quantitative estimate of drug-likeness (QED) is 0.722. The highest BCUT2D eigenvalue weighted by Gasteiger charge is 2.31. The average molecular weight is 443 g/mol. The van der Waals surface area contributed by atoms with Crippen LogP contribution < -0.4 is 0 Å². The van der Waals surface area contributed by atoms with Gasteiger partial charge in [0.15, 0.2) is 0 Å². The lowest BCUT2D eigenvalue weighted by Gasteiger charge is -2.33. The number of hydrogen-bond acceptors (Lipinski definition) is 3. The van der Waals surface area contributed by atoms with E-state index in [-0.39, 0.29) is 17.7 Å². The molecule has 166 valence electrons. The number of hydrogen-bond donors (Lipinski definition) is 0. The third-order valence-corrected chi connectivity index (χ3v) is 7.19. The summed E-state index contributed by atoms with van der Waals surface area (Å²) in [6.07, 6.45) is 4.09. The van der Waals surface area contributed by atoms with Gasteiger partial charge in [0.05, 0.1) is 17.8 Å². The Balaban J connectivity index is 1.40. The van der Waals surface area contributed by atoms with Gasteiger partial charge in [0.1, 0.15) is 0 Å². The molecular formula is C24H31ClN4O2. The van der Waals surface area contributed by atoms with Crippen molar-refractivity contribution in [1.29, 1.82) is 0 Å². The number of carbonyl (C=O) groups is 2. The van der Waals surface area contributed by atoms with Crippen molar-refractivity contribution in [3.05, 3.63) is 45.7 Å². The molecule has 1 aromatic heterocycles. The van der Waals surface area contributed by atoms with E-state index in [0.29, 0.717) is 24.5 Å². The molecule has 2 saturated heterocycles. The van der Waals surface area contributed by atoms with Crippen molar-refractivity contribution in [3.8, 4) is 5.69 Å². The fourth-order valence-corrected chi connectivity index (χ4v) is 4.91. The molecule has 3 heterocycles. The van der Waals surface area contributed by atoms with Crippen LogP contribution in [0.1, 0.15) is 48.2 Å². The van der Waals surface area contributed by atoms with Crippen LogP contribution in [-0.2, 0) is 16.0 Å². The predicted octanol–water partition coefficient (Wildman–Crippen LogP) is 3.85. The number of nitrogens with zero attached hydrogens (tertiary/aromatic N) is 4. The van der Waals surface area contributed by atoms with Crippen molar-refractivity contribution in [2.45, 2.75) is 52.9 Å². The van der Waals surface area contributed by atoms with Crippen molar-refractivity contribution < 1.29 is 9.59 Å². The van der Waals surface area contributed by atoms with Crippen LogP contribution in [0.15, 0.2) is 18.2 Å². The molecule has 0 bridgehead atoms. The topological polar surface area (TPSA) is 58.4 Å². The summed E-state index contributed by atoms with van der Waals surface area (Å²) in [5.41, 5.74) is 4.72. The first-order valence-electron chi connectivity index (χ1n) is 11.2. The molecule has 0 unspecified atom stereocenters. The van der Waals surface area contributed by atoms with Crippen LogP contribution in [0.25, 0.3) is 5.69 Å². The summed E-state index contributed by atoms with van der Waals surface area (Å²) in [7, 11) is 0. The van der Waals surface area contributed by atoms with E-state index in [1.165, 1.54) is 0 Å². The van der Waals surface area contributed by atoms with Crippen LogP contribution in [0, 0.1) is 26.7 Å². The Morgan fingerprint density at radius 2 is 1.71 bits per heavy atom. The third-order valence-electron chi connectivity index (χ3n) is 6.78. The minimum absolute atomic E-state index is 0.0691. The Morgan fingerprint density at radius 3 is 2.35 bits per heavy atom. The number of aryl methyl sites for hydroxylation is 2. The Hall–Kier alpha value is -2.34. The standard InChI is InChI=1S/C24H31ClN4O2/c1-16-6-7-20(14-22(16)25)29-18(3)21(17(2)26-29)15-23(30)27-12-8-19(9-13-27)24(31)28-10-4-5-11-28/h6-7,14,19H,4-5,8-13,15H2,1-3H3. The summed E-state index contributed by atoms with van der Waals surface area (Å²) in [6.45, 7) is 9.02. The Labute approximate surface area is 189 Å². The first-order valence-corrected chi connectivity index (χ1v) is 11.6. The number of amides is 2. The molecule has 0 radical (unpaired) electrons. The van der Waals surface area contributed by atoms with Gasteiger partial charge < -0.3 is 9.80 Å². The van der Waals surface area contributed by atoms with Gasteiger partial charge in [-0.05, 0) is 64.2 Å². The summed E-state index contributed by atoms with van der Waals surface area (Å²) in [4.78, 5) is 29.6. The van der Waals surface area contributed by atoms with Crippen LogP contribution in [0.3, 0.4) is 0 Å². The SMILES string of the molecule is Cc1ccc(-n2nc(C)c(CC(=O)N3CCC(C(=O)N4CCCC4)CC3)c2C)cc1Cl. The number of piperidine rings is 1. The van der Waals surface area contributed by atoms with Gasteiger partial charge in [-0.2, -0.15) is 5.10 Å². The molecule has 2 fully saturated rings. The zero-order chi connectivity index (χ0) is 22.1. The highest BCUT2D eigenvalue weighted by Crippen LogP contribution is 2.25. The van der Waals surface area contributed by atoms with E-state index in [1.807, 2.05) is 53.5 Å². The van der Waals surface area contributed by atoms with Gasteiger partial charge in [0.2, 0.25) is 11.8 Å². The van der Waals surface area contributed by atoms with E-state index in [0.717, 1.165) is 67.0 Å².